The topological polar surface area (TPSA) is 101 Å². The van der Waals surface area contributed by atoms with E-state index in [1.165, 1.54) is 47.1 Å². The normalized spacial score (nSPS) is 12.8. The molecule has 36 heavy (non-hydrogen) atoms. The van der Waals surface area contributed by atoms with Gasteiger partial charge in [-0.25, -0.2) is 9.78 Å². The zero-order valence-electron chi connectivity index (χ0n) is 19.8. The molecule has 1 amide bonds. The number of fused-ring (bicyclic) bond motifs is 2. The molecule has 0 bridgehead atoms. The number of nitrogens with one attached hydrogen (secondary N) is 2. The molecule has 0 atom stereocenters. The highest BCUT2D eigenvalue weighted by atomic mass is 32.2. The van der Waals surface area contributed by atoms with Crippen molar-refractivity contribution in [3.8, 4) is 11.1 Å². The Balaban J connectivity index is 1.26. The Morgan fingerprint density at radius 3 is 2.67 bits per heavy atom. The second-order valence-corrected chi connectivity index (χ2v) is 10.3. The lowest BCUT2D eigenvalue weighted by molar-refractivity contribution is -0.113. The number of nitrogens with zero attached hydrogens (tertiary/aromatic N) is 1. The smallest absolute Gasteiger partial charge is 0.338 e. The molecule has 7 nitrogen and oxygen atoms in total. The summed E-state index contributed by atoms with van der Waals surface area (Å²) in [5.41, 5.74) is 5.51. The fourth-order valence-electron chi connectivity index (χ4n) is 4.35. The number of hydrogen-bond donors (Lipinski definition) is 2. The van der Waals surface area contributed by atoms with Gasteiger partial charge in [-0.3, -0.25) is 9.59 Å². The summed E-state index contributed by atoms with van der Waals surface area (Å²) in [5, 5.41) is 5.76. The number of anilines is 1. The highest BCUT2D eigenvalue weighted by Crippen LogP contribution is 2.34. The predicted molar refractivity (Wildman–Crippen MR) is 144 cm³/mol. The molecule has 0 saturated heterocycles. The van der Waals surface area contributed by atoms with Crippen molar-refractivity contribution >= 4 is 50.9 Å². The summed E-state index contributed by atoms with van der Waals surface area (Å²) < 4.78 is 4.96. The van der Waals surface area contributed by atoms with Gasteiger partial charge in [-0.1, -0.05) is 30.0 Å². The maximum atomic E-state index is 13.0. The van der Waals surface area contributed by atoms with Crippen LogP contribution in [0.1, 0.15) is 41.3 Å². The highest BCUT2D eigenvalue weighted by molar-refractivity contribution is 7.99. The van der Waals surface area contributed by atoms with E-state index in [2.05, 4.69) is 33.5 Å². The number of rotatable bonds is 7. The number of thioether (sulfide) groups is 1. The minimum atomic E-state index is -0.403. The van der Waals surface area contributed by atoms with Crippen LogP contribution in [0.15, 0.2) is 57.8 Å². The maximum absolute atomic E-state index is 13.0. The van der Waals surface area contributed by atoms with E-state index in [0.29, 0.717) is 33.2 Å². The lowest BCUT2D eigenvalue weighted by Gasteiger charge is -2.16. The lowest BCUT2D eigenvalue weighted by atomic mass is 9.89. The Morgan fingerprint density at radius 2 is 1.89 bits per heavy atom. The SMILES string of the molecule is CCOC(=O)c1ccc(NC(=O)CSc2nc3scc(-c4ccc5c(c4)CCCC5)c3c(=O)[nH]2)cc1. The Hall–Kier alpha value is -3.43. The Morgan fingerprint density at radius 1 is 1.11 bits per heavy atom. The number of aromatic nitrogens is 2. The predicted octanol–water partition coefficient (Wildman–Crippen LogP) is 5.44. The van der Waals surface area contributed by atoms with Crippen molar-refractivity contribution in [1.29, 1.82) is 0 Å². The summed E-state index contributed by atoms with van der Waals surface area (Å²) >= 11 is 2.60. The van der Waals surface area contributed by atoms with E-state index in [0.717, 1.165) is 24.0 Å². The number of esters is 1. The van der Waals surface area contributed by atoms with E-state index in [1.54, 1.807) is 31.2 Å². The number of amides is 1. The fourth-order valence-corrected chi connectivity index (χ4v) is 6.01. The van der Waals surface area contributed by atoms with Crippen molar-refractivity contribution in [2.45, 2.75) is 37.8 Å². The molecule has 1 aliphatic carbocycles. The molecule has 1 aliphatic rings. The Labute approximate surface area is 216 Å². The third-order valence-corrected chi connectivity index (χ3v) is 7.85. The van der Waals surface area contributed by atoms with Gasteiger partial charge in [-0.05, 0) is 73.6 Å². The summed E-state index contributed by atoms with van der Waals surface area (Å²) in [4.78, 5) is 45.2. The first-order valence-electron chi connectivity index (χ1n) is 11.9. The average molecular weight is 520 g/mol. The first-order valence-corrected chi connectivity index (χ1v) is 13.7. The van der Waals surface area contributed by atoms with Crippen LogP contribution < -0.4 is 10.9 Å². The molecule has 2 N–H and O–H groups in total. The minimum Gasteiger partial charge on any atom is -0.462 e. The zero-order chi connectivity index (χ0) is 25.1. The van der Waals surface area contributed by atoms with Crippen molar-refractivity contribution in [3.05, 3.63) is 74.9 Å². The van der Waals surface area contributed by atoms with Gasteiger partial charge in [0.1, 0.15) is 4.83 Å². The molecule has 5 rings (SSSR count). The van der Waals surface area contributed by atoms with Crippen molar-refractivity contribution in [3.63, 3.8) is 0 Å². The summed E-state index contributed by atoms with van der Waals surface area (Å²) in [6.45, 7) is 2.05. The van der Waals surface area contributed by atoms with Gasteiger partial charge in [-0.2, -0.15) is 0 Å². The molecule has 0 spiro atoms. The second kappa shape index (κ2) is 10.7. The average Bonchev–Trinajstić information content (AvgIpc) is 3.32. The van der Waals surface area contributed by atoms with E-state index >= 15 is 0 Å². The van der Waals surface area contributed by atoms with Crippen LogP contribution in [0.25, 0.3) is 21.3 Å². The molecular formula is C27H25N3O4S2. The fraction of sp³-hybridized carbons (Fsp3) is 0.259. The quantitative estimate of drug-likeness (QED) is 0.192. The summed E-state index contributed by atoms with van der Waals surface area (Å²) in [5.74, 6) is -0.566. The van der Waals surface area contributed by atoms with Crippen molar-refractivity contribution < 1.29 is 14.3 Å². The lowest BCUT2D eigenvalue weighted by Crippen LogP contribution is -2.15. The van der Waals surface area contributed by atoms with Crippen molar-refractivity contribution in [2.24, 2.45) is 0 Å². The van der Waals surface area contributed by atoms with E-state index < -0.39 is 5.97 Å². The molecule has 0 fully saturated rings. The molecule has 184 valence electrons. The number of aromatic amines is 1. The van der Waals surface area contributed by atoms with Gasteiger partial charge in [0, 0.05) is 16.6 Å². The number of benzene rings is 2. The standard InChI is InChI=1S/C27H25N3O4S2/c1-2-34-26(33)17-9-11-20(12-10-17)28-22(31)15-36-27-29-24(32)23-21(14-35-25(23)30-27)19-8-7-16-5-3-4-6-18(16)13-19/h7-14H,2-6,15H2,1H3,(H,28,31)(H,29,30,32). The molecule has 0 saturated carbocycles. The molecule has 2 aromatic carbocycles. The van der Waals surface area contributed by atoms with Crippen LogP contribution in [0.5, 0.6) is 0 Å². The number of carbonyl (C=O) groups is 2. The van der Waals surface area contributed by atoms with Crippen LogP contribution in [0.3, 0.4) is 0 Å². The minimum absolute atomic E-state index is 0.0805. The Bertz CT molecular complexity index is 1490. The van der Waals surface area contributed by atoms with Gasteiger partial charge in [-0.15, -0.1) is 11.3 Å². The zero-order valence-corrected chi connectivity index (χ0v) is 21.4. The largest absolute Gasteiger partial charge is 0.462 e. The van der Waals surface area contributed by atoms with Crippen LogP contribution in [0.4, 0.5) is 5.69 Å². The monoisotopic (exact) mass is 519 g/mol. The number of thiophene rings is 1. The van der Waals surface area contributed by atoms with Gasteiger partial charge in [0.15, 0.2) is 5.16 Å². The third-order valence-electron chi connectivity index (χ3n) is 6.10. The second-order valence-electron chi connectivity index (χ2n) is 8.53. The summed E-state index contributed by atoms with van der Waals surface area (Å²) in [6.07, 6.45) is 4.64. The van der Waals surface area contributed by atoms with Gasteiger partial charge < -0.3 is 15.0 Å². The molecule has 2 aromatic heterocycles. The first kappa shape index (κ1) is 24.3. The third kappa shape index (κ3) is 5.22. The number of ether oxygens (including phenoxy) is 1. The first-order chi connectivity index (χ1) is 17.5. The van der Waals surface area contributed by atoms with E-state index in [4.69, 9.17) is 4.74 Å². The number of aryl methyl sites for hydroxylation is 2. The van der Waals surface area contributed by atoms with E-state index in [1.807, 2.05) is 5.38 Å². The summed E-state index contributed by atoms with van der Waals surface area (Å²) in [6, 6.07) is 13.0. The van der Waals surface area contributed by atoms with Gasteiger partial charge in [0.25, 0.3) is 5.56 Å². The van der Waals surface area contributed by atoms with Crippen LogP contribution in [0, 0.1) is 0 Å². The van der Waals surface area contributed by atoms with Crippen LogP contribution in [0.2, 0.25) is 0 Å². The van der Waals surface area contributed by atoms with Crippen molar-refractivity contribution in [1.82, 2.24) is 9.97 Å². The van der Waals surface area contributed by atoms with Crippen LogP contribution in [-0.2, 0) is 22.4 Å². The number of H-pyrrole nitrogens is 1. The van der Waals surface area contributed by atoms with E-state index in [-0.39, 0.29) is 17.2 Å². The highest BCUT2D eigenvalue weighted by Gasteiger charge is 2.16. The molecule has 0 aliphatic heterocycles. The molecular weight excluding hydrogens is 494 g/mol. The van der Waals surface area contributed by atoms with Gasteiger partial charge >= 0.3 is 5.97 Å². The van der Waals surface area contributed by atoms with Crippen molar-refractivity contribution in [2.75, 3.05) is 17.7 Å². The molecule has 0 radical (unpaired) electrons. The molecule has 9 heteroatoms. The number of hydrogen-bond acceptors (Lipinski definition) is 7. The maximum Gasteiger partial charge on any atom is 0.338 e. The van der Waals surface area contributed by atoms with Gasteiger partial charge in [0.05, 0.1) is 23.3 Å². The molecule has 4 aromatic rings. The van der Waals surface area contributed by atoms with Gasteiger partial charge in [0.2, 0.25) is 5.91 Å². The number of carbonyl (C=O) groups excluding carboxylic acids is 2. The van der Waals surface area contributed by atoms with Crippen LogP contribution >= 0.6 is 23.1 Å². The Kier molecular flexibility index (Phi) is 7.20. The summed E-state index contributed by atoms with van der Waals surface area (Å²) in [7, 11) is 0. The molecule has 0 unspecified atom stereocenters. The molecule has 2 heterocycles. The van der Waals surface area contributed by atoms with E-state index in [9.17, 15) is 14.4 Å². The van der Waals surface area contributed by atoms with Crippen LogP contribution in [-0.4, -0.2) is 34.2 Å².